The van der Waals surface area contributed by atoms with Crippen molar-refractivity contribution < 1.29 is 19.0 Å². The van der Waals surface area contributed by atoms with Gasteiger partial charge in [-0.05, 0) is 18.1 Å². The quantitative estimate of drug-likeness (QED) is 0.351. The van der Waals surface area contributed by atoms with Gasteiger partial charge in [0, 0.05) is 25.2 Å². The molecule has 1 aliphatic heterocycles. The van der Waals surface area contributed by atoms with Crippen LogP contribution in [0, 0.1) is 0 Å². The number of ether oxygens (including phenoxy) is 2. The molecule has 11 heteroatoms. The van der Waals surface area contributed by atoms with Crippen molar-refractivity contribution in [1.82, 2.24) is 25.1 Å². The zero-order valence-corrected chi connectivity index (χ0v) is 20.3. The number of alkyl halides is 1. The monoisotopic (exact) mass is 487 g/mol. The van der Waals surface area contributed by atoms with Gasteiger partial charge in [-0.3, -0.25) is 4.68 Å². The Kier molecular flexibility index (Phi) is 8.32. The average molecular weight is 488 g/mol. The van der Waals surface area contributed by atoms with E-state index in [9.17, 15) is 9.50 Å². The first-order valence-corrected chi connectivity index (χ1v) is 12.0. The van der Waals surface area contributed by atoms with Crippen LogP contribution in [0.2, 0.25) is 0 Å². The summed E-state index contributed by atoms with van der Waals surface area (Å²) in [4.78, 5) is 10.8. The summed E-state index contributed by atoms with van der Waals surface area (Å²) in [5.74, 6) is 1.52. The standard InChI is InChI=1S/C24H34FN7O3/c1-3-4-7-31(8-9-33)23-22-19(28-24(26)29-23)13-32(30-22)12-17-6-5-16(10-21(17)34-2)11-27-20-15-35-14-18(20)25/h5-6,10,13,18,20,27,33H,3-4,7-9,11-12,14-15H2,1-2H3,(H2,26,28). The number of unbranched alkanes of at least 4 members (excludes halogenated alkanes) is 1. The van der Waals surface area contributed by atoms with Crippen LogP contribution in [0.1, 0.15) is 30.9 Å². The molecule has 0 amide bonds. The fourth-order valence-corrected chi connectivity index (χ4v) is 4.22. The average Bonchev–Trinajstić information content (AvgIpc) is 3.45. The number of fused-ring (bicyclic) bond motifs is 1. The maximum Gasteiger partial charge on any atom is 0.222 e. The first-order valence-electron chi connectivity index (χ1n) is 12.0. The van der Waals surface area contributed by atoms with Gasteiger partial charge < -0.3 is 30.5 Å². The van der Waals surface area contributed by atoms with Gasteiger partial charge in [-0.1, -0.05) is 25.5 Å². The van der Waals surface area contributed by atoms with Crippen molar-refractivity contribution in [2.45, 2.75) is 45.1 Å². The van der Waals surface area contributed by atoms with Crippen molar-refractivity contribution >= 4 is 22.8 Å². The van der Waals surface area contributed by atoms with E-state index in [2.05, 4.69) is 22.2 Å². The molecule has 0 bridgehead atoms. The Hall–Kier alpha value is -3.02. The SMILES string of the molecule is CCCCN(CCO)c1nc(N)nc2cn(Cc3ccc(CNC4COCC4F)cc3OC)nc12. The minimum atomic E-state index is -0.984. The smallest absolute Gasteiger partial charge is 0.222 e. The van der Waals surface area contributed by atoms with Gasteiger partial charge in [-0.25, -0.2) is 9.37 Å². The van der Waals surface area contributed by atoms with Crippen molar-refractivity contribution in [2.75, 3.05) is 50.7 Å². The molecule has 0 saturated carbocycles. The number of halogens is 1. The number of nitrogens with one attached hydrogen (secondary N) is 1. The number of aliphatic hydroxyl groups is 1. The summed E-state index contributed by atoms with van der Waals surface area (Å²) in [6.07, 6.45) is 2.84. The van der Waals surface area contributed by atoms with Crippen molar-refractivity contribution in [3.63, 3.8) is 0 Å². The highest BCUT2D eigenvalue weighted by molar-refractivity contribution is 5.86. The maximum absolute atomic E-state index is 13.8. The van der Waals surface area contributed by atoms with Crippen LogP contribution < -0.4 is 20.7 Å². The van der Waals surface area contributed by atoms with Crippen molar-refractivity contribution in [3.8, 4) is 5.75 Å². The number of benzene rings is 1. The van der Waals surface area contributed by atoms with Crippen LogP contribution >= 0.6 is 0 Å². The highest BCUT2D eigenvalue weighted by Gasteiger charge is 2.27. The third-order valence-corrected chi connectivity index (χ3v) is 6.12. The van der Waals surface area contributed by atoms with Gasteiger partial charge >= 0.3 is 0 Å². The first-order chi connectivity index (χ1) is 17.0. The van der Waals surface area contributed by atoms with Crippen LogP contribution in [-0.2, 0) is 17.8 Å². The lowest BCUT2D eigenvalue weighted by Crippen LogP contribution is -2.36. The zero-order chi connectivity index (χ0) is 24.8. The second-order valence-electron chi connectivity index (χ2n) is 8.72. The first kappa shape index (κ1) is 25.1. The lowest BCUT2D eigenvalue weighted by atomic mass is 10.1. The topological polar surface area (TPSA) is 124 Å². The lowest BCUT2D eigenvalue weighted by Gasteiger charge is -2.22. The van der Waals surface area contributed by atoms with Crippen molar-refractivity contribution in [2.24, 2.45) is 0 Å². The van der Waals surface area contributed by atoms with E-state index in [4.69, 9.17) is 20.3 Å². The fourth-order valence-electron chi connectivity index (χ4n) is 4.22. The Morgan fingerprint density at radius 1 is 1.31 bits per heavy atom. The van der Waals surface area contributed by atoms with Crippen LogP contribution in [0.15, 0.2) is 24.4 Å². The zero-order valence-electron chi connectivity index (χ0n) is 20.3. The van der Waals surface area contributed by atoms with E-state index in [0.29, 0.717) is 43.1 Å². The second kappa shape index (κ2) is 11.6. The van der Waals surface area contributed by atoms with Crippen LogP contribution in [0.25, 0.3) is 11.0 Å². The molecule has 2 aromatic heterocycles. The highest BCUT2D eigenvalue weighted by atomic mass is 19.1. The molecule has 35 heavy (non-hydrogen) atoms. The van der Waals surface area contributed by atoms with E-state index >= 15 is 0 Å². The van der Waals surface area contributed by atoms with Gasteiger partial charge in [0.05, 0.1) is 45.7 Å². The van der Waals surface area contributed by atoms with Gasteiger partial charge in [0.2, 0.25) is 5.95 Å². The molecule has 10 nitrogen and oxygen atoms in total. The summed E-state index contributed by atoms with van der Waals surface area (Å²) in [7, 11) is 1.63. The van der Waals surface area contributed by atoms with Gasteiger partial charge in [-0.15, -0.1) is 0 Å². The maximum atomic E-state index is 13.8. The Labute approximate surface area is 204 Å². The number of nitrogens with zero attached hydrogens (tertiary/aromatic N) is 5. The van der Waals surface area contributed by atoms with E-state index in [1.54, 1.807) is 11.8 Å². The molecule has 4 N–H and O–H groups in total. The summed E-state index contributed by atoms with van der Waals surface area (Å²) in [6.45, 7) is 4.82. The lowest BCUT2D eigenvalue weighted by molar-refractivity contribution is 0.172. The molecular weight excluding hydrogens is 453 g/mol. The van der Waals surface area contributed by atoms with Gasteiger partial charge in [0.1, 0.15) is 17.4 Å². The summed E-state index contributed by atoms with van der Waals surface area (Å²) >= 11 is 0. The van der Waals surface area contributed by atoms with Crippen molar-refractivity contribution in [1.29, 1.82) is 0 Å². The van der Waals surface area contributed by atoms with Gasteiger partial charge in [-0.2, -0.15) is 10.1 Å². The molecule has 0 spiro atoms. The second-order valence-corrected chi connectivity index (χ2v) is 8.72. The van der Waals surface area contributed by atoms with Crippen LogP contribution in [-0.4, -0.2) is 77.1 Å². The van der Waals surface area contributed by atoms with E-state index in [-0.39, 0.29) is 25.2 Å². The third kappa shape index (κ3) is 5.98. The minimum absolute atomic E-state index is 0.00792. The summed E-state index contributed by atoms with van der Waals surface area (Å²) in [5, 5.41) is 17.5. The van der Waals surface area contributed by atoms with Crippen molar-refractivity contribution in [3.05, 3.63) is 35.5 Å². The Morgan fingerprint density at radius 3 is 2.89 bits per heavy atom. The number of nitrogen functional groups attached to an aromatic ring is 1. The number of nitrogens with two attached hydrogens (primary N) is 1. The van der Waals surface area contributed by atoms with E-state index in [0.717, 1.165) is 36.3 Å². The Balaban J connectivity index is 1.54. The molecule has 1 aromatic carbocycles. The number of aliphatic hydroxyl groups excluding tert-OH is 1. The number of hydrogen-bond acceptors (Lipinski definition) is 9. The molecule has 2 unspecified atom stereocenters. The highest BCUT2D eigenvalue weighted by Crippen LogP contribution is 2.26. The minimum Gasteiger partial charge on any atom is -0.496 e. The molecule has 4 rings (SSSR count). The largest absolute Gasteiger partial charge is 0.496 e. The molecule has 190 valence electrons. The fraction of sp³-hybridized carbons (Fsp3) is 0.542. The third-order valence-electron chi connectivity index (χ3n) is 6.12. The van der Waals surface area contributed by atoms with Crippen LogP contribution in [0.4, 0.5) is 16.2 Å². The summed E-state index contributed by atoms with van der Waals surface area (Å²) in [6, 6.07) is 5.64. The van der Waals surface area contributed by atoms with E-state index in [1.807, 2.05) is 29.3 Å². The molecule has 0 radical (unpaired) electrons. The van der Waals surface area contributed by atoms with E-state index < -0.39 is 6.17 Å². The van der Waals surface area contributed by atoms with E-state index in [1.165, 1.54) is 0 Å². The summed E-state index contributed by atoms with van der Waals surface area (Å²) < 4.78 is 26.4. The molecule has 1 fully saturated rings. The number of rotatable bonds is 12. The normalized spacial score (nSPS) is 17.8. The molecular formula is C24H34FN7O3. The molecule has 2 atom stereocenters. The number of methoxy groups -OCH3 is 1. The molecule has 3 aromatic rings. The Bertz CT molecular complexity index is 1130. The number of hydrogen-bond donors (Lipinski definition) is 3. The molecule has 1 saturated heterocycles. The molecule has 0 aliphatic carbocycles. The van der Waals surface area contributed by atoms with Gasteiger partial charge in [0.15, 0.2) is 11.3 Å². The number of anilines is 2. The predicted octanol–water partition coefficient (Wildman–Crippen LogP) is 1.89. The molecule has 1 aliphatic rings. The summed E-state index contributed by atoms with van der Waals surface area (Å²) in [5.41, 5.74) is 9.21. The van der Waals surface area contributed by atoms with Gasteiger partial charge in [0.25, 0.3) is 0 Å². The Morgan fingerprint density at radius 2 is 2.17 bits per heavy atom. The molecule has 3 heterocycles. The number of aromatic nitrogens is 4. The predicted molar refractivity (Wildman–Crippen MR) is 132 cm³/mol. The van der Waals surface area contributed by atoms with Crippen LogP contribution in [0.5, 0.6) is 5.75 Å². The van der Waals surface area contributed by atoms with Crippen LogP contribution in [0.3, 0.4) is 0 Å².